The van der Waals surface area contributed by atoms with Crippen LogP contribution in [0.1, 0.15) is 30.6 Å². The Kier molecular flexibility index (Phi) is 4.80. The SMILES string of the molecule is CC(C)(CCO)NC(=O)c1c(Cl)cccc1Cl. The van der Waals surface area contributed by atoms with E-state index in [1.807, 2.05) is 13.8 Å². The number of hydrogen-bond acceptors (Lipinski definition) is 2. The van der Waals surface area contributed by atoms with Crippen molar-refractivity contribution in [1.82, 2.24) is 5.32 Å². The van der Waals surface area contributed by atoms with E-state index >= 15 is 0 Å². The van der Waals surface area contributed by atoms with Gasteiger partial charge in [-0.2, -0.15) is 0 Å². The van der Waals surface area contributed by atoms with E-state index in [1.54, 1.807) is 18.2 Å². The average Bonchev–Trinajstić information content (AvgIpc) is 2.15. The van der Waals surface area contributed by atoms with Gasteiger partial charge in [0.05, 0.1) is 15.6 Å². The highest BCUT2D eigenvalue weighted by Gasteiger charge is 2.23. The van der Waals surface area contributed by atoms with Crippen LogP contribution in [0.4, 0.5) is 0 Å². The van der Waals surface area contributed by atoms with E-state index in [-0.39, 0.29) is 18.1 Å². The molecule has 0 aliphatic rings. The van der Waals surface area contributed by atoms with Crippen LogP contribution in [0.2, 0.25) is 10.0 Å². The van der Waals surface area contributed by atoms with Crippen LogP contribution in [-0.2, 0) is 0 Å². The lowest BCUT2D eigenvalue weighted by atomic mass is 10.0. The second-order valence-electron chi connectivity index (χ2n) is 4.41. The third kappa shape index (κ3) is 3.87. The highest BCUT2D eigenvalue weighted by molar-refractivity contribution is 6.39. The highest BCUT2D eigenvalue weighted by Crippen LogP contribution is 2.24. The van der Waals surface area contributed by atoms with Crippen molar-refractivity contribution in [2.75, 3.05) is 6.61 Å². The monoisotopic (exact) mass is 275 g/mol. The van der Waals surface area contributed by atoms with Gasteiger partial charge >= 0.3 is 0 Å². The molecule has 0 unspecified atom stereocenters. The summed E-state index contributed by atoms with van der Waals surface area (Å²) in [4.78, 5) is 12.0. The molecule has 1 aromatic carbocycles. The standard InChI is InChI=1S/C12H15Cl2NO2/c1-12(2,6-7-16)15-11(17)10-8(13)4-3-5-9(10)14/h3-5,16H,6-7H2,1-2H3,(H,15,17). The summed E-state index contributed by atoms with van der Waals surface area (Å²) in [6.07, 6.45) is 0.459. The Labute approximate surface area is 111 Å². The van der Waals surface area contributed by atoms with Gasteiger partial charge in [-0.3, -0.25) is 4.79 Å². The first-order chi connectivity index (χ1) is 7.87. The molecule has 0 spiro atoms. The van der Waals surface area contributed by atoms with E-state index in [0.717, 1.165) is 0 Å². The topological polar surface area (TPSA) is 49.3 Å². The summed E-state index contributed by atoms with van der Waals surface area (Å²) >= 11 is 11.9. The van der Waals surface area contributed by atoms with Crippen LogP contribution in [0.3, 0.4) is 0 Å². The van der Waals surface area contributed by atoms with Crippen LogP contribution < -0.4 is 5.32 Å². The number of benzene rings is 1. The summed E-state index contributed by atoms with van der Waals surface area (Å²) in [5.74, 6) is -0.334. The Balaban J connectivity index is 2.91. The van der Waals surface area contributed by atoms with Crippen LogP contribution in [0.5, 0.6) is 0 Å². The summed E-state index contributed by atoms with van der Waals surface area (Å²) in [5.41, 5.74) is -0.240. The van der Waals surface area contributed by atoms with Crippen molar-refractivity contribution in [3.8, 4) is 0 Å². The molecule has 1 rings (SSSR count). The Morgan fingerprint density at radius 3 is 2.35 bits per heavy atom. The van der Waals surface area contributed by atoms with Crippen LogP contribution in [0.25, 0.3) is 0 Å². The molecule has 0 atom stereocenters. The van der Waals surface area contributed by atoms with Gasteiger partial charge < -0.3 is 10.4 Å². The first-order valence-electron chi connectivity index (χ1n) is 5.25. The van der Waals surface area contributed by atoms with Gasteiger partial charge in [0.2, 0.25) is 0 Å². The van der Waals surface area contributed by atoms with Crippen LogP contribution >= 0.6 is 23.2 Å². The van der Waals surface area contributed by atoms with Crippen molar-refractivity contribution in [1.29, 1.82) is 0 Å². The molecule has 17 heavy (non-hydrogen) atoms. The summed E-state index contributed by atoms with van der Waals surface area (Å²) in [5, 5.41) is 12.3. The van der Waals surface area contributed by atoms with Crippen molar-refractivity contribution in [2.24, 2.45) is 0 Å². The second kappa shape index (κ2) is 5.71. The molecule has 0 fully saturated rings. The molecule has 2 N–H and O–H groups in total. The number of aliphatic hydroxyl groups is 1. The molecule has 0 saturated carbocycles. The molecule has 0 bridgehead atoms. The van der Waals surface area contributed by atoms with E-state index in [9.17, 15) is 4.79 Å². The number of aliphatic hydroxyl groups excluding tert-OH is 1. The minimum Gasteiger partial charge on any atom is -0.396 e. The molecule has 0 aliphatic heterocycles. The Bertz CT molecular complexity index is 399. The molecular weight excluding hydrogens is 261 g/mol. The maximum atomic E-state index is 12.0. The largest absolute Gasteiger partial charge is 0.396 e. The smallest absolute Gasteiger partial charge is 0.254 e. The second-order valence-corrected chi connectivity index (χ2v) is 5.22. The fourth-order valence-electron chi connectivity index (χ4n) is 1.43. The number of rotatable bonds is 4. The third-order valence-electron chi connectivity index (χ3n) is 2.38. The molecule has 1 amide bonds. The molecule has 0 aliphatic carbocycles. The number of nitrogens with one attached hydrogen (secondary N) is 1. The van der Waals surface area contributed by atoms with E-state index < -0.39 is 5.54 Å². The van der Waals surface area contributed by atoms with Gasteiger partial charge in [-0.05, 0) is 32.4 Å². The van der Waals surface area contributed by atoms with Gasteiger partial charge in [0.25, 0.3) is 5.91 Å². The van der Waals surface area contributed by atoms with E-state index in [0.29, 0.717) is 16.5 Å². The van der Waals surface area contributed by atoms with Gasteiger partial charge in [-0.1, -0.05) is 29.3 Å². The zero-order chi connectivity index (χ0) is 13.1. The van der Waals surface area contributed by atoms with Gasteiger partial charge in [0.1, 0.15) is 0 Å². The van der Waals surface area contributed by atoms with Gasteiger partial charge in [0.15, 0.2) is 0 Å². The van der Waals surface area contributed by atoms with E-state index in [4.69, 9.17) is 28.3 Å². The van der Waals surface area contributed by atoms with Gasteiger partial charge in [0, 0.05) is 12.1 Å². The Morgan fingerprint density at radius 2 is 1.88 bits per heavy atom. The first-order valence-corrected chi connectivity index (χ1v) is 6.00. The van der Waals surface area contributed by atoms with Crippen LogP contribution in [-0.4, -0.2) is 23.2 Å². The number of halogens is 2. The lowest BCUT2D eigenvalue weighted by Crippen LogP contribution is -2.44. The van der Waals surface area contributed by atoms with Crippen LogP contribution in [0.15, 0.2) is 18.2 Å². The number of hydrogen-bond donors (Lipinski definition) is 2. The Hall–Kier alpha value is -0.770. The third-order valence-corrected chi connectivity index (χ3v) is 3.01. The predicted molar refractivity (Wildman–Crippen MR) is 69.7 cm³/mol. The highest BCUT2D eigenvalue weighted by atomic mass is 35.5. The van der Waals surface area contributed by atoms with Crippen molar-refractivity contribution >= 4 is 29.1 Å². The van der Waals surface area contributed by atoms with E-state index in [1.165, 1.54) is 0 Å². The molecule has 0 aromatic heterocycles. The van der Waals surface area contributed by atoms with E-state index in [2.05, 4.69) is 5.32 Å². The normalized spacial score (nSPS) is 11.4. The Morgan fingerprint density at radius 1 is 1.35 bits per heavy atom. The number of carbonyl (C=O) groups excluding carboxylic acids is 1. The average molecular weight is 276 g/mol. The lowest BCUT2D eigenvalue weighted by Gasteiger charge is -2.25. The minimum absolute atomic E-state index is 0.00351. The van der Waals surface area contributed by atoms with Gasteiger partial charge in [-0.25, -0.2) is 0 Å². The quantitative estimate of drug-likeness (QED) is 0.888. The number of amides is 1. The zero-order valence-electron chi connectivity index (χ0n) is 9.76. The zero-order valence-corrected chi connectivity index (χ0v) is 11.3. The summed E-state index contributed by atoms with van der Waals surface area (Å²) in [6, 6.07) is 4.91. The fraction of sp³-hybridized carbons (Fsp3) is 0.417. The summed E-state index contributed by atoms with van der Waals surface area (Å²) in [6.45, 7) is 3.65. The molecule has 1 aromatic rings. The number of carbonyl (C=O) groups is 1. The molecule has 5 heteroatoms. The first kappa shape index (κ1) is 14.3. The molecule has 94 valence electrons. The molecule has 0 heterocycles. The van der Waals surface area contributed by atoms with Crippen molar-refractivity contribution in [2.45, 2.75) is 25.8 Å². The van der Waals surface area contributed by atoms with Crippen molar-refractivity contribution in [3.63, 3.8) is 0 Å². The van der Waals surface area contributed by atoms with Crippen LogP contribution in [0, 0.1) is 0 Å². The van der Waals surface area contributed by atoms with Gasteiger partial charge in [-0.15, -0.1) is 0 Å². The summed E-state index contributed by atoms with van der Waals surface area (Å²) in [7, 11) is 0. The maximum Gasteiger partial charge on any atom is 0.254 e. The van der Waals surface area contributed by atoms with Crippen molar-refractivity contribution < 1.29 is 9.90 Å². The summed E-state index contributed by atoms with van der Waals surface area (Å²) < 4.78 is 0. The molecule has 0 radical (unpaired) electrons. The maximum absolute atomic E-state index is 12.0. The fourth-order valence-corrected chi connectivity index (χ4v) is 2.00. The van der Waals surface area contributed by atoms with Crippen molar-refractivity contribution in [3.05, 3.63) is 33.8 Å². The molecule has 0 saturated heterocycles. The molecule has 3 nitrogen and oxygen atoms in total. The minimum atomic E-state index is -0.506. The molecular formula is C12H15Cl2NO2. The lowest BCUT2D eigenvalue weighted by molar-refractivity contribution is 0.0900. The predicted octanol–water partition coefficient (Wildman–Crippen LogP) is 2.88.